The maximum absolute atomic E-state index is 12.9. The lowest BCUT2D eigenvalue weighted by Crippen LogP contribution is -2.30. The lowest BCUT2D eigenvalue weighted by molar-refractivity contribution is -0.167. The average Bonchev–Trinajstić information content (AvgIpc) is 3.46. The van der Waals surface area contributed by atoms with Crippen LogP contribution in [0.15, 0.2) is 122 Å². The van der Waals surface area contributed by atoms with Crippen LogP contribution in [0.5, 0.6) is 0 Å². The molecule has 0 spiro atoms. The molecule has 0 aromatic carbocycles. The molecule has 6 nitrogen and oxygen atoms in total. The van der Waals surface area contributed by atoms with E-state index in [-0.39, 0.29) is 31.1 Å². The monoisotopic (exact) mass is 1110 g/mol. The van der Waals surface area contributed by atoms with Gasteiger partial charge in [0.05, 0.1) is 0 Å². The topological polar surface area (TPSA) is 78.9 Å². The van der Waals surface area contributed by atoms with Gasteiger partial charge in [-0.15, -0.1) is 0 Å². The van der Waals surface area contributed by atoms with E-state index in [0.717, 1.165) is 135 Å². The van der Waals surface area contributed by atoms with Gasteiger partial charge in [0.1, 0.15) is 13.2 Å². The molecular formula is C74H124O6. The highest BCUT2D eigenvalue weighted by Gasteiger charge is 2.19. The zero-order valence-corrected chi connectivity index (χ0v) is 52.3. The maximum Gasteiger partial charge on any atom is 0.306 e. The van der Waals surface area contributed by atoms with Gasteiger partial charge in [0.2, 0.25) is 0 Å². The molecule has 0 rings (SSSR count). The SMILES string of the molecule is CC/C=C\C/C=C\C/C=C\C/C=C\C/C=C\C/C=C\CCCCCCCCCCCCCCCCCCC(=O)OCC(COC(=O)CCCCCCC/C=C\CCC)OC(=O)CCCCCCCCC/C=C\C/C=C\C/C=C\CC. The van der Waals surface area contributed by atoms with Crippen molar-refractivity contribution in [2.24, 2.45) is 0 Å². The van der Waals surface area contributed by atoms with Crippen molar-refractivity contribution in [3.63, 3.8) is 0 Å². The van der Waals surface area contributed by atoms with Crippen LogP contribution >= 0.6 is 0 Å². The van der Waals surface area contributed by atoms with Crippen molar-refractivity contribution in [1.82, 2.24) is 0 Å². The number of hydrogen-bond donors (Lipinski definition) is 0. The number of carbonyl (C=O) groups is 3. The number of allylic oxidation sites excluding steroid dienone is 20. The van der Waals surface area contributed by atoms with E-state index >= 15 is 0 Å². The summed E-state index contributed by atoms with van der Waals surface area (Å²) >= 11 is 0. The molecule has 0 heterocycles. The Morgan fingerprint density at radius 3 is 0.775 bits per heavy atom. The molecule has 0 radical (unpaired) electrons. The molecule has 80 heavy (non-hydrogen) atoms. The van der Waals surface area contributed by atoms with Crippen molar-refractivity contribution in [3.8, 4) is 0 Å². The second-order valence-electron chi connectivity index (χ2n) is 22.0. The van der Waals surface area contributed by atoms with Crippen LogP contribution in [0, 0.1) is 0 Å². The Labute approximate surface area is 494 Å². The smallest absolute Gasteiger partial charge is 0.306 e. The van der Waals surface area contributed by atoms with Crippen LogP contribution in [0.1, 0.15) is 310 Å². The Balaban J connectivity index is 4.11. The fourth-order valence-electron chi connectivity index (χ4n) is 9.23. The zero-order chi connectivity index (χ0) is 57.8. The second kappa shape index (κ2) is 67.3. The predicted octanol–water partition coefficient (Wildman–Crippen LogP) is 23.2. The minimum absolute atomic E-state index is 0.0839. The summed E-state index contributed by atoms with van der Waals surface area (Å²) in [6.07, 6.45) is 93.8. The number of hydrogen-bond acceptors (Lipinski definition) is 6. The Bertz CT molecular complexity index is 1650. The fraction of sp³-hybridized carbons (Fsp3) is 0.689. The van der Waals surface area contributed by atoms with E-state index in [4.69, 9.17) is 14.2 Å². The molecule has 0 amide bonds. The Morgan fingerprint density at radius 1 is 0.263 bits per heavy atom. The molecule has 0 aromatic rings. The zero-order valence-electron chi connectivity index (χ0n) is 52.3. The molecule has 0 aromatic heterocycles. The third kappa shape index (κ3) is 64.6. The highest BCUT2D eigenvalue weighted by molar-refractivity contribution is 5.71. The summed E-state index contributed by atoms with van der Waals surface area (Å²) in [4.78, 5) is 38.2. The Morgan fingerprint density at radius 2 is 0.487 bits per heavy atom. The van der Waals surface area contributed by atoms with E-state index in [9.17, 15) is 14.4 Å². The molecule has 0 N–H and O–H groups in total. The van der Waals surface area contributed by atoms with Crippen LogP contribution in [0.2, 0.25) is 0 Å². The standard InChI is InChI=1S/C74H124O6/c1-4-7-10-13-16-19-22-24-26-28-29-30-31-32-33-34-35-36-37-38-39-40-41-42-43-44-45-47-48-50-52-55-58-61-64-67-73(76)79-70-71(69-78-72(75)66-63-60-57-54-21-18-15-12-9-6-3)80-74(77)68-65-62-59-56-53-51-49-46-27-25-23-20-17-14-11-8-5-2/h7-8,10-12,15-17,19-20,24-27,29-30,32-33,35-36,71H,4-6,9,13-14,18,21-23,28,31,34,37-70H2,1-3H3/b10-7-,11-8-,15-12-,19-16-,20-17-,26-24-,27-25-,30-29-,33-32-,36-35-. The summed E-state index contributed by atoms with van der Waals surface area (Å²) in [5.74, 6) is -0.898. The average molecular weight is 1110 g/mol. The summed E-state index contributed by atoms with van der Waals surface area (Å²) in [5.41, 5.74) is 0. The summed E-state index contributed by atoms with van der Waals surface area (Å²) in [7, 11) is 0. The molecule has 456 valence electrons. The van der Waals surface area contributed by atoms with Crippen molar-refractivity contribution in [1.29, 1.82) is 0 Å². The van der Waals surface area contributed by atoms with E-state index < -0.39 is 6.10 Å². The van der Waals surface area contributed by atoms with Gasteiger partial charge < -0.3 is 14.2 Å². The molecule has 0 saturated carbocycles. The summed E-state index contributed by atoms with van der Waals surface area (Å²) in [5, 5.41) is 0. The lowest BCUT2D eigenvalue weighted by Gasteiger charge is -2.18. The molecular weight excluding hydrogens is 985 g/mol. The van der Waals surface area contributed by atoms with E-state index in [1.807, 2.05) is 0 Å². The van der Waals surface area contributed by atoms with E-state index in [1.165, 1.54) is 135 Å². The largest absolute Gasteiger partial charge is 0.462 e. The van der Waals surface area contributed by atoms with Gasteiger partial charge in [-0.3, -0.25) is 14.4 Å². The predicted molar refractivity (Wildman–Crippen MR) is 348 cm³/mol. The van der Waals surface area contributed by atoms with Crippen molar-refractivity contribution >= 4 is 17.9 Å². The maximum atomic E-state index is 12.9. The molecule has 0 aliphatic rings. The number of rotatable bonds is 60. The molecule has 0 bridgehead atoms. The first kappa shape index (κ1) is 75.8. The Hall–Kier alpha value is -4.19. The molecule has 0 aliphatic heterocycles. The van der Waals surface area contributed by atoms with Gasteiger partial charge >= 0.3 is 17.9 Å². The molecule has 0 aliphatic carbocycles. The quantitative estimate of drug-likeness (QED) is 0.0261. The van der Waals surface area contributed by atoms with Crippen LogP contribution in [0.3, 0.4) is 0 Å². The minimum Gasteiger partial charge on any atom is -0.462 e. The van der Waals surface area contributed by atoms with E-state index in [0.29, 0.717) is 19.3 Å². The van der Waals surface area contributed by atoms with Crippen molar-refractivity contribution in [2.75, 3.05) is 13.2 Å². The van der Waals surface area contributed by atoms with Gasteiger partial charge in [-0.25, -0.2) is 0 Å². The molecule has 1 atom stereocenters. The lowest BCUT2D eigenvalue weighted by atomic mass is 10.0. The normalized spacial score (nSPS) is 12.9. The molecule has 0 fully saturated rings. The van der Waals surface area contributed by atoms with Crippen molar-refractivity contribution in [2.45, 2.75) is 316 Å². The summed E-state index contributed by atoms with van der Waals surface area (Å²) in [6, 6.07) is 0. The van der Waals surface area contributed by atoms with Gasteiger partial charge in [0.25, 0.3) is 0 Å². The summed E-state index contributed by atoms with van der Waals surface area (Å²) in [6.45, 7) is 6.35. The molecule has 6 heteroatoms. The minimum atomic E-state index is -0.787. The molecule has 1 unspecified atom stereocenters. The van der Waals surface area contributed by atoms with Crippen LogP contribution in [0.25, 0.3) is 0 Å². The van der Waals surface area contributed by atoms with Crippen molar-refractivity contribution in [3.05, 3.63) is 122 Å². The second-order valence-corrected chi connectivity index (χ2v) is 22.0. The van der Waals surface area contributed by atoms with Gasteiger partial charge in [0, 0.05) is 19.3 Å². The highest BCUT2D eigenvalue weighted by Crippen LogP contribution is 2.17. The Kier molecular flexibility index (Phi) is 63.8. The van der Waals surface area contributed by atoms with Gasteiger partial charge in [-0.2, -0.15) is 0 Å². The van der Waals surface area contributed by atoms with E-state index in [1.54, 1.807) is 0 Å². The number of ether oxygens (including phenoxy) is 3. The highest BCUT2D eigenvalue weighted by atomic mass is 16.6. The first-order valence-electron chi connectivity index (χ1n) is 33.5. The van der Waals surface area contributed by atoms with Crippen molar-refractivity contribution < 1.29 is 28.6 Å². The first-order chi connectivity index (χ1) is 39.5. The number of esters is 3. The number of unbranched alkanes of at least 4 members (excludes halogenated alkanes) is 29. The van der Waals surface area contributed by atoms with Crippen LogP contribution in [-0.2, 0) is 28.6 Å². The first-order valence-corrected chi connectivity index (χ1v) is 33.5. The fourth-order valence-corrected chi connectivity index (χ4v) is 9.23. The number of carbonyl (C=O) groups excluding carboxylic acids is 3. The van der Waals surface area contributed by atoms with Gasteiger partial charge in [-0.05, 0) is 122 Å². The summed E-state index contributed by atoms with van der Waals surface area (Å²) < 4.78 is 16.9. The molecule has 0 saturated heterocycles. The van der Waals surface area contributed by atoms with E-state index in [2.05, 4.69) is 142 Å². The van der Waals surface area contributed by atoms with Crippen LogP contribution in [-0.4, -0.2) is 37.2 Å². The third-order valence-corrected chi connectivity index (χ3v) is 14.2. The van der Waals surface area contributed by atoms with Crippen LogP contribution in [0.4, 0.5) is 0 Å². The third-order valence-electron chi connectivity index (χ3n) is 14.2. The van der Waals surface area contributed by atoms with Gasteiger partial charge in [-0.1, -0.05) is 290 Å². The van der Waals surface area contributed by atoms with Gasteiger partial charge in [0.15, 0.2) is 6.10 Å². The van der Waals surface area contributed by atoms with Crippen LogP contribution < -0.4 is 0 Å².